The van der Waals surface area contributed by atoms with Crippen LogP contribution in [0.25, 0.3) is 0 Å². The first-order valence-corrected chi connectivity index (χ1v) is 12.4. The minimum absolute atomic E-state index is 0.106. The van der Waals surface area contributed by atoms with Crippen molar-refractivity contribution in [1.29, 1.82) is 0 Å². The zero-order chi connectivity index (χ0) is 17.7. The van der Waals surface area contributed by atoms with Crippen LogP contribution in [0, 0.1) is 34.6 Å². The summed E-state index contributed by atoms with van der Waals surface area (Å²) in [5.74, 6) is 0. The van der Waals surface area contributed by atoms with E-state index in [1.54, 1.807) is 16.3 Å². The molecule has 1 aliphatic rings. The highest BCUT2D eigenvalue weighted by molar-refractivity contribution is 6.83. The molecule has 0 atom stereocenters. The maximum Gasteiger partial charge on any atom is 0.0771 e. The Kier molecular flexibility index (Phi) is 4.58. The fourth-order valence-electron chi connectivity index (χ4n) is 4.08. The molecule has 0 amide bonds. The van der Waals surface area contributed by atoms with Crippen LogP contribution in [0.5, 0.6) is 0 Å². The summed E-state index contributed by atoms with van der Waals surface area (Å²) in [6.45, 7) is 23.6. The predicted molar refractivity (Wildman–Crippen MR) is 107 cm³/mol. The van der Waals surface area contributed by atoms with Crippen molar-refractivity contribution in [2.24, 2.45) is 0 Å². The molecule has 0 aromatic heterocycles. The van der Waals surface area contributed by atoms with Crippen molar-refractivity contribution in [1.82, 2.24) is 0 Å². The summed E-state index contributed by atoms with van der Waals surface area (Å²) >= 11 is 0. The number of hydrogen-bond acceptors (Lipinski definition) is 0. The topological polar surface area (TPSA) is 0 Å². The van der Waals surface area contributed by atoms with Crippen molar-refractivity contribution in [3.8, 4) is 0 Å². The van der Waals surface area contributed by atoms with Crippen LogP contribution >= 0.6 is 0 Å². The monoisotopic (exact) mass is 326 g/mol. The van der Waals surface area contributed by atoms with Gasteiger partial charge in [-0.2, -0.15) is 0 Å². The van der Waals surface area contributed by atoms with E-state index in [9.17, 15) is 0 Å². The Hall–Kier alpha value is -1.08. The molecule has 0 nitrogen and oxygen atoms in total. The summed E-state index contributed by atoms with van der Waals surface area (Å²) in [5, 5.41) is 1.62. The molecule has 0 unspecified atom stereocenters. The molecule has 2 rings (SSSR count). The number of benzene rings is 1. The van der Waals surface area contributed by atoms with Gasteiger partial charge in [-0.05, 0) is 74.4 Å². The lowest BCUT2D eigenvalue weighted by molar-refractivity contribution is 0.602. The first-order chi connectivity index (χ1) is 10.4. The Balaban J connectivity index is 2.59. The molecule has 126 valence electrons. The summed E-state index contributed by atoms with van der Waals surface area (Å²) in [5.41, 5.74) is 10.6. The molecule has 0 spiro atoms. The van der Waals surface area contributed by atoms with Gasteiger partial charge < -0.3 is 0 Å². The molecule has 0 saturated heterocycles. The molecule has 0 fully saturated rings. The molecular weight excluding hydrogens is 292 g/mol. The van der Waals surface area contributed by atoms with Crippen molar-refractivity contribution in [3.05, 3.63) is 56.3 Å². The molecule has 0 saturated carbocycles. The number of hydrogen-bond donors (Lipinski definition) is 0. The van der Waals surface area contributed by atoms with Gasteiger partial charge in [0.05, 0.1) is 8.07 Å². The average Bonchev–Trinajstić information content (AvgIpc) is 2.93. The molecule has 1 aromatic rings. The largest absolute Gasteiger partial charge is 0.0812 e. The van der Waals surface area contributed by atoms with E-state index < -0.39 is 8.07 Å². The van der Waals surface area contributed by atoms with Crippen LogP contribution in [0.1, 0.15) is 53.6 Å². The van der Waals surface area contributed by atoms with E-state index in [4.69, 9.17) is 0 Å². The van der Waals surface area contributed by atoms with Gasteiger partial charge >= 0.3 is 0 Å². The van der Waals surface area contributed by atoms with Crippen molar-refractivity contribution in [2.75, 3.05) is 0 Å². The summed E-state index contributed by atoms with van der Waals surface area (Å²) in [6, 6.07) is 0. The highest BCUT2D eigenvalue weighted by atomic mass is 28.3. The van der Waals surface area contributed by atoms with E-state index in [-0.39, 0.29) is 5.41 Å². The van der Waals surface area contributed by atoms with Crippen LogP contribution in [-0.2, 0) is 5.41 Å². The summed E-state index contributed by atoms with van der Waals surface area (Å²) < 4.78 is 0. The van der Waals surface area contributed by atoms with Gasteiger partial charge in [0.15, 0.2) is 0 Å². The van der Waals surface area contributed by atoms with Gasteiger partial charge in [0.2, 0.25) is 0 Å². The number of rotatable bonds is 3. The molecule has 0 bridgehead atoms. The molecule has 0 heterocycles. The van der Waals surface area contributed by atoms with Gasteiger partial charge in [0, 0.05) is 5.41 Å². The molecule has 0 N–H and O–H groups in total. The van der Waals surface area contributed by atoms with Crippen molar-refractivity contribution >= 4 is 8.07 Å². The molecule has 1 aromatic carbocycles. The third-order valence-electron chi connectivity index (χ3n) is 6.17. The Morgan fingerprint density at radius 2 is 1.22 bits per heavy atom. The molecular formula is C22H34Si. The van der Waals surface area contributed by atoms with E-state index >= 15 is 0 Å². The van der Waals surface area contributed by atoms with Crippen LogP contribution in [0.3, 0.4) is 0 Å². The van der Waals surface area contributed by atoms with Gasteiger partial charge in [-0.25, -0.2) is 0 Å². The van der Waals surface area contributed by atoms with Gasteiger partial charge in [-0.1, -0.05) is 56.4 Å². The third-order valence-corrected chi connectivity index (χ3v) is 8.25. The molecule has 0 aliphatic heterocycles. The van der Waals surface area contributed by atoms with Crippen LogP contribution in [0.15, 0.2) is 22.9 Å². The van der Waals surface area contributed by atoms with E-state index in [1.165, 1.54) is 27.8 Å². The van der Waals surface area contributed by atoms with E-state index in [0.717, 1.165) is 6.42 Å². The van der Waals surface area contributed by atoms with E-state index in [2.05, 4.69) is 80.3 Å². The van der Waals surface area contributed by atoms with Gasteiger partial charge in [0.25, 0.3) is 0 Å². The highest BCUT2D eigenvalue weighted by Crippen LogP contribution is 2.43. The van der Waals surface area contributed by atoms with Crippen LogP contribution < -0.4 is 0 Å². The average molecular weight is 327 g/mol. The minimum atomic E-state index is -1.22. The van der Waals surface area contributed by atoms with Crippen LogP contribution in [0.4, 0.5) is 0 Å². The maximum absolute atomic E-state index is 2.52. The first kappa shape index (κ1) is 18.3. The normalized spacial score (nSPS) is 15.7. The SMILES string of the molecule is Cc1c(C)c(C)c(C(C)(C)C2=CC([Si](C)(C)C)=CC2)c(C)c1C. The fourth-order valence-corrected chi connectivity index (χ4v) is 5.40. The quantitative estimate of drug-likeness (QED) is 0.546. The van der Waals surface area contributed by atoms with Crippen molar-refractivity contribution in [3.63, 3.8) is 0 Å². The molecule has 0 radical (unpaired) electrons. The van der Waals surface area contributed by atoms with E-state index in [1.807, 2.05) is 0 Å². The van der Waals surface area contributed by atoms with Crippen LogP contribution in [-0.4, -0.2) is 8.07 Å². The second-order valence-corrected chi connectivity index (χ2v) is 14.0. The Labute approximate surface area is 144 Å². The number of allylic oxidation sites excluding steroid dienone is 4. The van der Waals surface area contributed by atoms with Gasteiger partial charge in [0.1, 0.15) is 0 Å². The van der Waals surface area contributed by atoms with Gasteiger partial charge in [-0.15, -0.1) is 0 Å². The first-order valence-electron chi connectivity index (χ1n) is 8.88. The lowest BCUT2D eigenvalue weighted by Gasteiger charge is -2.33. The lowest BCUT2D eigenvalue weighted by Crippen LogP contribution is -2.25. The summed E-state index contributed by atoms with van der Waals surface area (Å²) in [4.78, 5) is 0. The van der Waals surface area contributed by atoms with Crippen molar-refractivity contribution in [2.45, 2.75) is 79.9 Å². The summed E-state index contributed by atoms with van der Waals surface area (Å²) in [6.07, 6.45) is 6.13. The Bertz CT molecular complexity index is 677. The van der Waals surface area contributed by atoms with E-state index in [0.29, 0.717) is 0 Å². The second kappa shape index (κ2) is 5.77. The van der Waals surface area contributed by atoms with Crippen LogP contribution in [0.2, 0.25) is 19.6 Å². The Morgan fingerprint density at radius 1 is 0.783 bits per heavy atom. The minimum Gasteiger partial charge on any atom is -0.0812 e. The van der Waals surface area contributed by atoms with Gasteiger partial charge in [-0.3, -0.25) is 0 Å². The lowest BCUT2D eigenvalue weighted by atomic mass is 9.71. The predicted octanol–water partition coefficient (Wildman–Crippen LogP) is 6.64. The zero-order valence-electron chi connectivity index (χ0n) is 16.9. The summed E-state index contributed by atoms with van der Waals surface area (Å²) in [7, 11) is -1.22. The fraction of sp³-hybridized carbons (Fsp3) is 0.545. The molecule has 23 heavy (non-hydrogen) atoms. The Morgan fingerprint density at radius 3 is 1.61 bits per heavy atom. The highest BCUT2D eigenvalue weighted by Gasteiger charge is 2.33. The molecule has 1 aliphatic carbocycles. The third kappa shape index (κ3) is 3.00. The molecule has 1 heteroatoms. The smallest absolute Gasteiger partial charge is 0.0771 e. The standard InChI is InChI=1S/C22H34Si/c1-14-15(2)17(4)21(18(5)16(14)3)22(6,7)19-11-12-20(13-19)23(8,9)10/h12-13H,11H2,1-10H3. The second-order valence-electron chi connectivity index (χ2n) is 8.91. The maximum atomic E-state index is 2.52. The zero-order valence-corrected chi connectivity index (χ0v) is 17.9. The van der Waals surface area contributed by atoms with Crippen molar-refractivity contribution < 1.29 is 0 Å².